The van der Waals surface area contributed by atoms with Gasteiger partial charge >= 0.3 is 0 Å². The summed E-state index contributed by atoms with van der Waals surface area (Å²) >= 11 is 1.72. The third-order valence-electron chi connectivity index (χ3n) is 4.16. The fourth-order valence-electron chi connectivity index (χ4n) is 2.99. The average molecular weight is 315 g/mol. The number of amides is 1. The van der Waals surface area contributed by atoms with Crippen LogP contribution in [-0.2, 0) is 11.2 Å². The topological polar surface area (TPSA) is 46.1 Å². The molecule has 2 aromatic heterocycles. The Morgan fingerprint density at radius 1 is 1.45 bits per heavy atom. The highest BCUT2D eigenvalue weighted by Gasteiger charge is 2.25. The normalized spacial score (nSPS) is 18.4. The monoisotopic (exact) mass is 315 g/mol. The van der Waals surface area contributed by atoms with Crippen molar-refractivity contribution in [1.82, 2.24) is 14.9 Å². The molecule has 0 aliphatic carbocycles. The Morgan fingerprint density at radius 3 is 3.14 bits per heavy atom. The molecule has 0 radical (unpaired) electrons. The highest BCUT2D eigenvalue weighted by atomic mass is 32.1. The van der Waals surface area contributed by atoms with Crippen LogP contribution >= 0.6 is 11.3 Å². The third-order valence-corrected chi connectivity index (χ3v) is 5.09. The number of hydrogen-bond acceptors (Lipinski definition) is 4. The fourth-order valence-corrected chi connectivity index (χ4v) is 3.70. The van der Waals surface area contributed by atoms with Gasteiger partial charge < -0.3 is 4.90 Å². The van der Waals surface area contributed by atoms with Crippen LogP contribution in [-0.4, -0.2) is 33.9 Å². The molecule has 1 aliphatic rings. The first-order chi connectivity index (χ1) is 10.7. The molecule has 4 nitrogen and oxygen atoms in total. The van der Waals surface area contributed by atoms with Gasteiger partial charge in [-0.15, -0.1) is 11.3 Å². The Kier molecular flexibility index (Phi) is 4.83. The molecule has 0 N–H and O–H groups in total. The molecule has 0 aromatic carbocycles. The van der Waals surface area contributed by atoms with E-state index in [0.717, 1.165) is 43.9 Å². The summed E-state index contributed by atoms with van der Waals surface area (Å²) in [6.45, 7) is 3.58. The predicted molar refractivity (Wildman–Crippen MR) is 88.0 cm³/mol. The number of aryl methyl sites for hydroxylation is 2. The van der Waals surface area contributed by atoms with Crippen LogP contribution in [0.1, 0.15) is 41.6 Å². The molecule has 1 amide bonds. The second-order valence-electron chi connectivity index (χ2n) is 5.79. The summed E-state index contributed by atoms with van der Waals surface area (Å²) < 4.78 is 0. The van der Waals surface area contributed by atoms with Gasteiger partial charge in [0, 0.05) is 42.2 Å². The summed E-state index contributed by atoms with van der Waals surface area (Å²) in [6, 6.07) is 6.12. The fraction of sp³-hybridized carbons (Fsp3) is 0.471. The van der Waals surface area contributed by atoms with Crippen LogP contribution in [0.2, 0.25) is 0 Å². The number of carbonyl (C=O) groups excluding carboxylic acids is 1. The zero-order chi connectivity index (χ0) is 15.4. The van der Waals surface area contributed by atoms with Crippen molar-refractivity contribution in [2.24, 2.45) is 0 Å². The Bertz CT molecular complexity index is 627. The van der Waals surface area contributed by atoms with Crippen LogP contribution in [0.15, 0.2) is 29.8 Å². The first-order valence-electron chi connectivity index (χ1n) is 7.82. The third kappa shape index (κ3) is 3.71. The zero-order valence-electron chi connectivity index (χ0n) is 12.9. The van der Waals surface area contributed by atoms with E-state index in [1.165, 1.54) is 4.88 Å². The van der Waals surface area contributed by atoms with E-state index in [2.05, 4.69) is 21.4 Å². The smallest absolute Gasteiger partial charge is 0.222 e. The molecular weight excluding hydrogens is 294 g/mol. The van der Waals surface area contributed by atoms with E-state index in [-0.39, 0.29) is 5.91 Å². The van der Waals surface area contributed by atoms with Crippen molar-refractivity contribution in [2.45, 2.75) is 38.5 Å². The van der Waals surface area contributed by atoms with Crippen molar-refractivity contribution in [2.75, 3.05) is 13.1 Å². The summed E-state index contributed by atoms with van der Waals surface area (Å²) in [5.41, 5.74) is 1.07. The number of rotatable bonds is 4. The number of nitrogens with zero attached hydrogens (tertiary/aromatic N) is 3. The number of thiophene rings is 1. The summed E-state index contributed by atoms with van der Waals surface area (Å²) in [5.74, 6) is 1.42. The van der Waals surface area contributed by atoms with Crippen LogP contribution in [0.3, 0.4) is 0 Å². The van der Waals surface area contributed by atoms with Gasteiger partial charge in [0.2, 0.25) is 5.91 Å². The summed E-state index contributed by atoms with van der Waals surface area (Å²) in [4.78, 5) is 24.4. The molecule has 0 unspecified atom stereocenters. The van der Waals surface area contributed by atoms with E-state index >= 15 is 0 Å². The van der Waals surface area contributed by atoms with E-state index in [1.807, 2.05) is 30.2 Å². The van der Waals surface area contributed by atoms with Crippen molar-refractivity contribution in [3.05, 3.63) is 46.2 Å². The predicted octanol–water partition coefficient (Wildman–Crippen LogP) is 3.19. The SMILES string of the molecule is Cc1nccc([C@H]2CCCN(C(=O)CCc3cccs3)C2)n1. The molecule has 0 spiro atoms. The van der Waals surface area contributed by atoms with E-state index in [1.54, 1.807) is 11.3 Å². The van der Waals surface area contributed by atoms with Gasteiger partial charge in [0.25, 0.3) is 0 Å². The minimum absolute atomic E-state index is 0.267. The molecule has 1 atom stereocenters. The highest BCUT2D eigenvalue weighted by Crippen LogP contribution is 2.26. The number of piperidine rings is 1. The molecular formula is C17H21N3OS. The Balaban J connectivity index is 1.59. The van der Waals surface area contributed by atoms with E-state index < -0.39 is 0 Å². The first-order valence-corrected chi connectivity index (χ1v) is 8.70. The van der Waals surface area contributed by atoms with Crippen molar-refractivity contribution in [3.63, 3.8) is 0 Å². The van der Waals surface area contributed by atoms with Gasteiger partial charge in [0.05, 0.1) is 0 Å². The molecule has 3 rings (SSSR count). The zero-order valence-corrected chi connectivity index (χ0v) is 13.7. The molecule has 0 bridgehead atoms. The Morgan fingerprint density at radius 2 is 2.36 bits per heavy atom. The summed E-state index contributed by atoms with van der Waals surface area (Å²) in [7, 11) is 0. The minimum atomic E-state index is 0.267. The molecule has 1 fully saturated rings. The summed E-state index contributed by atoms with van der Waals surface area (Å²) in [6.07, 6.45) is 5.43. The molecule has 3 heterocycles. The van der Waals surface area contributed by atoms with Crippen LogP contribution in [0.5, 0.6) is 0 Å². The Hall–Kier alpha value is -1.75. The number of aromatic nitrogens is 2. The molecule has 5 heteroatoms. The molecule has 22 heavy (non-hydrogen) atoms. The van der Waals surface area contributed by atoms with Crippen LogP contribution in [0.4, 0.5) is 0 Å². The van der Waals surface area contributed by atoms with Crippen molar-refractivity contribution < 1.29 is 4.79 Å². The second-order valence-corrected chi connectivity index (χ2v) is 6.82. The Labute approximate surface area is 135 Å². The van der Waals surface area contributed by atoms with Gasteiger partial charge in [0.15, 0.2) is 0 Å². The summed E-state index contributed by atoms with van der Waals surface area (Å²) in [5, 5.41) is 2.06. The second kappa shape index (κ2) is 7.01. The quantitative estimate of drug-likeness (QED) is 0.870. The maximum atomic E-state index is 12.4. The number of likely N-dealkylation sites (tertiary alicyclic amines) is 1. The van der Waals surface area contributed by atoms with Crippen molar-refractivity contribution in [3.8, 4) is 0 Å². The highest BCUT2D eigenvalue weighted by molar-refractivity contribution is 7.09. The molecule has 1 saturated heterocycles. The van der Waals surface area contributed by atoms with Gasteiger partial charge in [-0.25, -0.2) is 9.97 Å². The standard InChI is InChI=1S/C17H21N3OS/c1-13-18-9-8-16(19-13)14-4-2-10-20(12-14)17(21)7-6-15-5-3-11-22-15/h3,5,8-9,11,14H,2,4,6-7,10,12H2,1H3/t14-/m0/s1. The van der Waals surface area contributed by atoms with Crippen LogP contribution < -0.4 is 0 Å². The van der Waals surface area contributed by atoms with E-state index in [4.69, 9.17) is 0 Å². The van der Waals surface area contributed by atoms with E-state index in [0.29, 0.717) is 12.3 Å². The first kappa shape index (κ1) is 15.2. The van der Waals surface area contributed by atoms with E-state index in [9.17, 15) is 4.79 Å². The van der Waals surface area contributed by atoms with Crippen LogP contribution in [0.25, 0.3) is 0 Å². The van der Waals surface area contributed by atoms with Crippen LogP contribution in [0, 0.1) is 6.92 Å². The molecule has 2 aromatic rings. The molecule has 1 aliphatic heterocycles. The van der Waals surface area contributed by atoms with Gasteiger partial charge in [-0.05, 0) is 43.7 Å². The molecule has 116 valence electrons. The number of carbonyl (C=O) groups is 1. The minimum Gasteiger partial charge on any atom is -0.342 e. The lowest BCUT2D eigenvalue weighted by molar-refractivity contribution is -0.132. The van der Waals surface area contributed by atoms with Gasteiger partial charge in [-0.2, -0.15) is 0 Å². The maximum Gasteiger partial charge on any atom is 0.222 e. The van der Waals surface area contributed by atoms with Gasteiger partial charge in [-0.3, -0.25) is 4.79 Å². The lowest BCUT2D eigenvalue weighted by Crippen LogP contribution is -2.39. The maximum absolute atomic E-state index is 12.4. The number of hydrogen-bond donors (Lipinski definition) is 0. The largest absolute Gasteiger partial charge is 0.342 e. The van der Waals surface area contributed by atoms with Gasteiger partial charge in [0.1, 0.15) is 5.82 Å². The average Bonchev–Trinajstić information content (AvgIpc) is 3.06. The lowest BCUT2D eigenvalue weighted by atomic mass is 9.94. The van der Waals surface area contributed by atoms with Crippen molar-refractivity contribution >= 4 is 17.2 Å². The lowest BCUT2D eigenvalue weighted by Gasteiger charge is -2.32. The van der Waals surface area contributed by atoms with Gasteiger partial charge in [-0.1, -0.05) is 6.07 Å². The van der Waals surface area contributed by atoms with Crippen molar-refractivity contribution in [1.29, 1.82) is 0 Å². The molecule has 0 saturated carbocycles.